The third-order valence-corrected chi connectivity index (χ3v) is 3.83. The number of hydrogen-bond donors (Lipinski definition) is 1. The van der Waals surface area contributed by atoms with Gasteiger partial charge in [0.05, 0.1) is 12.0 Å². The molecule has 1 aliphatic rings. The molecule has 0 bridgehead atoms. The number of nitro groups is 1. The number of rotatable bonds is 6. The molecule has 8 nitrogen and oxygen atoms in total. The minimum Gasteiger partial charge on any atom is -0.475 e. The molecule has 23 heavy (non-hydrogen) atoms. The number of methoxy groups -OCH3 is 1. The lowest BCUT2D eigenvalue weighted by atomic mass is 10.1. The second-order valence-corrected chi connectivity index (χ2v) is 5.54. The van der Waals surface area contributed by atoms with Gasteiger partial charge in [0, 0.05) is 18.7 Å². The van der Waals surface area contributed by atoms with Crippen molar-refractivity contribution in [1.29, 1.82) is 0 Å². The van der Waals surface area contributed by atoms with E-state index in [4.69, 9.17) is 10.5 Å². The van der Waals surface area contributed by atoms with Gasteiger partial charge in [0.25, 0.3) is 0 Å². The number of piperidine rings is 1. The normalized spacial score (nSPS) is 16.1. The van der Waals surface area contributed by atoms with E-state index in [-0.39, 0.29) is 24.1 Å². The zero-order valence-electron chi connectivity index (χ0n) is 13.1. The molecule has 1 heterocycles. The average molecular weight is 323 g/mol. The van der Waals surface area contributed by atoms with Crippen LogP contribution in [-0.4, -0.2) is 48.6 Å². The smallest absolute Gasteiger partial charge is 0.343 e. The molecule has 0 aromatic heterocycles. The number of benzene rings is 1. The van der Waals surface area contributed by atoms with Crippen LogP contribution in [0.4, 0.5) is 5.69 Å². The van der Waals surface area contributed by atoms with E-state index in [2.05, 4.69) is 9.64 Å². The van der Waals surface area contributed by atoms with Gasteiger partial charge in [0.15, 0.2) is 12.4 Å². The number of carbonyl (C=O) groups excluding carboxylic acids is 1. The Kier molecular flexibility index (Phi) is 5.89. The molecule has 1 aliphatic heterocycles. The fourth-order valence-electron chi connectivity index (χ4n) is 2.49. The lowest BCUT2D eigenvalue weighted by Gasteiger charge is -2.30. The van der Waals surface area contributed by atoms with Gasteiger partial charge in [-0.15, -0.1) is 0 Å². The fraction of sp³-hybridized carbons (Fsp3) is 0.533. The SMILES string of the molecule is COC(=O)COc1ccc(CN2CCC(N)CC2)cc1[N+](=O)[O-]. The molecule has 0 saturated carbocycles. The minimum absolute atomic E-state index is 0.0600. The molecule has 0 radical (unpaired) electrons. The summed E-state index contributed by atoms with van der Waals surface area (Å²) in [4.78, 5) is 24.0. The first kappa shape index (κ1) is 17.2. The largest absolute Gasteiger partial charge is 0.475 e. The number of nitrogens with zero attached hydrogens (tertiary/aromatic N) is 2. The summed E-state index contributed by atoms with van der Waals surface area (Å²) in [6.07, 6.45) is 1.87. The molecule has 0 amide bonds. The molecule has 2 N–H and O–H groups in total. The van der Waals surface area contributed by atoms with Crippen LogP contribution in [0.25, 0.3) is 0 Å². The summed E-state index contributed by atoms with van der Waals surface area (Å²) in [7, 11) is 1.23. The molecule has 1 saturated heterocycles. The van der Waals surface area contributed by atoms with E-state index in [9.17, 15) is 14.9 Å². The molecule has 1 fully saturated rings. The lowest BCUT2D eigenvalue weighted by Crippen LogP contribution is -2.39. The van der Waals surface area contributed by atoms with E-state index in [1.807, 2.05) is 0 Å². The summed E-state index contributed by atoms with van der Waals surface area (Å²) >= 11 is 0. The summed E-state index contributed by atoms with van der Waals surface area (Å²) in [5, 5.41) is 11.2. The summed E-state index contributed by atoms with van der Waals surface area (Å²) in [5.74, 6) is -0.530. The monoisotopic (exact) mass is 323 g/mol. The van der Waals surface area contributed by atoms with Gasteiger partial charge in [0.1, 0.15) is 0 Å². The number of esters is 1. The van der Waals surface area contributed by atoms with Gasteiger partial charge < -0.3 is 15.2 Å². The van der Waals surface area contributed by atoms with Crippen LogP contribution < -0.4 is 10.5 Å². The van der Waals surface area contributed by atoms with Crippen LogP contribution >= 0.6 is 0 Å². The topological polar surface area (TPSA) is 108 Å². The van der Waals surface area contributed by atoms with Crippen molar-refractivity contribution in [3.05, 3.63) is 33.9 Å². The maximum atomic E-state index is 11.2. The first-order valence-corrected chi connectivity index (χ1v) is 7.44. The van der Waals surface area contributed by atoms with Crippen LogP contribution in [0.15, 0.2) is 18.2 Å². The maximum absolute atomic E-state index is 11.2. The Morgan fingerprint density at radius 2 is 2.13 bits per heavy atom. The Balaban J connectivity index is 2.06. The molecular weight excluding hydrogens is 302 g/mol. The van der Waals surface area contributed by atoms with Crippen LogP contribution in [0.5, 0.6) is 5.75 Å². The van der Waals surface area contributed by atoms with Gasteiger partial charge in [-0.25, -0.2) is 4.79 Å². The number of ether oxygens (including phenoxy) is 2. The third kappa shape index (κ3) is 4.90. The lowest BCUT2D eigenvalue weighted by molar-refractivity contribution is -0.385. The van der Waals surface area contributed by atoms with Crippen molar-refractivity contribution < 1.29 is 19.2 Å². The molecule has 1 aromatic carbocycles. The summed E-state index contributed by atoms with van der Waals surface area (Å²) in [5.41, 5.74) is 6.55. The molecule has 1 aromatic rings. The average Bonchev–Trinajstić information content (AvgIpc) is 2.55. The zero-order valence-corrected chi connectivity index (χ0v) is 13.1. The number of nitrogens with two attached hydrogens (primary N) is 1. The molecular formula is C15H21N3O5. The minimum atomic E-state index is -0.590. The van der Waals surface area contributed by atoms with Gasteiger partial charge >= 0.3 is 11.7 Å². The predicted molar refractivity (Wildman–Crippen MR) is 83.1 cm³/mol. The number of nitro benzene ring substituents is 1. The van der Waals surface area contributed by atoms with Crippen molar-refractivity contribution >= 4 is 11.7 Å². The molecule has 0 spiro atoms. The van der Waals surface area contributed by atoms with Crippen LogP contribution in [0.3, 0.4) is 0 Å². The van der Waals surface area contributed by atoms with Crippen molar-refractivity contribution in [3.8, 4) is 5.75 Å². The Hall–Kier alpha value is -2.19. The van der Waals surface area contributed by atoms with Gasteiger partial charge in [-0.2, -0.15) is 0 Å². The first-order valence-electron chi connectivity index (χ1n) is 7.44. The van der Waals surface area contributed by atoms with E-state index in [1.54, 1.807) is 6.07 Å². The predicted octanol–water partition coefficient (Wildman–Crippen LogP) is 1.07. The maximum Gasteiger partial charge on any atom is 0.343 e. The van der Waals surface area contributed by atoms with E-state index >= 15 is 0 Å². The zero-order chi connectivity index (χ0) is 16.8. The summed E-state index contributed by atoms with van der Waals surface area (Å²) in [6.45, 7) is 2.04. The summed E-state index contributed by atoms with van der Waals surface area (Å²) < 4.78 is 9.62. The Morgan fingerprint density at radius 3 is 2.74 bits per heavy atom. The standard InChI is InChI=1S/C15H21N3O5/c1-22-15(19)10-23-14-3-2-11(8-13(14)18(20)21)9-17-6-4-12(16)5-7-17/h2-3,8,12H,4-7,9-10,16H2,1H3. The fourth-order valence-corrected chi connectivity index (χ4v) is 2.49. The quantitative estimate of drug-likeness (QED) is 0.474. The summed E-state index contributed by atoms with van der Waals surface area (Å²) in [6, 6.07) is 5.02. The number of carbonyl (C=O) groups is 1. The van der Waals surface area contributed by atoms with Crippen molar-refractivity contribution in [2.75, 3.05) is 26.8 Å². The second kappa shape index (κ2) is 7.89. The van der Waals surface area contributed by atoms with Gasteiger partial charge in [-0.1, -0.05) is 6.07 Å². The van der Waals surface area contributed by atoms with Crippen LogP contribution in [0.1, 0.15) is 18.4 Å². The molecule has 8 heteroatoms. The Bertz CT molecular complexity index is 570. The highest BCUT2D eigenvalue weighted by molar-refractivity contribution is 5.71. The molecule has 0 atom stereocenters. The molecule has 0 unspecified atom stereocenters. The van der Waals surface area contributed by atoms with Gasteiger partial charge in [-0.3, -0.25) is 15.0 Å². The van der Waals surface area contributed by atoms with Crippen molar-refractivity contribution in [1.82, 2.24) is 4.90 Å². The Labute approximate surface area is 134 Å². The second-order valence-electron chi connectivity index (χ2n) is 5.54. The van der Waals surface area contributed by atoms with E-state index in [1.165, 1.54) is 19.2 Å². The first-order chi connectivity index (χ1) is 11.0. The van der Waals surface area contributed by atoms with Crippen LogP contribution in [-0.2, 0) is 16.1 Å². The van der Waals surface area contributed by atoms with Crippen molar-refractivity contribution in [3.63, 3.8) is 0 Å². The van der Waals surface area contributed by atoms with Crippen LogP contribution in [0.2, 0.25) is 0 Å². The van der Waals surface area contributed by atoms with Gasteiger partial charge in [0.2, 0.25) is 0 Å². The van der Waals surface area contributed by atoms with E-state index < -0.39 is 10.9 Å². The molecule has 0 aliphatic carbocycles. The number of hydrogen-bond acceptors (Lipinski definition) is 7. The van der Waals surface area contributed by atoms with Gasteiger partial charge in [-0.05, 0) is 37.6 Å². The molecule has 126 valence electrons. The highest BCUT2D eigenvalue weighted by Crippen LogP contribution is 2.28. The highest BCUT2D eigenvalue weighted by Gasteiger charge is 2.20. The number of likely N-dealkylation sites (tertiary alicyclic amines) is 1. The Morgan fingerprint density at radius 1 is 1.43 bits per heavy atom. The third-order valence-electron chi connectivity index (χ3n) is 3.83. The van der Waals surface area contributed by atoms with E-state index in [0.717, 1.165) is 31.5 Å². The van der Waals surface area contributed by atoms with Crippen LogP contribution in [0, 0.1) is 10.1 Å². The van der Waals surface area contributed by atoms with Crippen molar-refractivity contribution in [2.45, 2.75) is 25.4 Å². The highest BCUT2D eigenvalue weighted by atomic mass is 16.6. The molecule has 2 rings (SSSR count). The van der Waals surface area contributed by atoms with E-state index in [0.29, 0.717) is 6.54 Å². The van der Waals surface area contributed by atoms with Crippen molar-refractivity contribution in [2.24, 2.45) is 5.73 Å².